The number of aliphatic hydroxyl groups excluding tert-OH is 1. The number of hydrogen-bond acceptors (Lipinski definition) is 7. The van der Waals surface area contributed by atoms with Gasteiger partial charge in [-0.2, -0.15) is 0 Å². The van der Waals surface area contributed by atoms with E-state index in [1.807, 2.05) is 23.1 Å². The van der Waals surface area contributed by atoms with Crippen molar-refractivity contribution in [2.75, 3.05) is 46.6 Å². The highest BCUT2D eigenvalue weighted by Crippen LogP contribution is 2.32. The van der Waals surface area contributed by atoms with Crippen molar-refractivity contribution in [2.24, 2.45) is 0 Å². The molecule has 0 unspecified atom stereocenters. The van der Waals surface area contributed by atoms with Crippen LogP contribution in [0.15, 0.2) is 36.1 Å². The summed E-state index contributed by atoms with van der Waals surface area (Å²) < 4.78 is 21.9. The number of amides is 1. The number of allylic oxidation sites excluding steroid dienone is 1. The third-order valence-corrected chi connectivity index (χ3v) is 5.94. The molecule has 1 amide bonds. The Morgan fingerprint density at radius 2 is 1.73 bits per heavy atom. The zero-order valence-electron chi connectivity index (χ0n) is 19.4. The normalized spacial score (nSPS) is 21.4. The van der Waals surface area contributed by atoms with Gasteiger partial charge in [0.15, 0.2) is 5.76 Å². The number of carbonyl (C=O) groups is 2. The van der Waals surface area contributed by atoms with E-state index in [4.69, 9.17) is 24.1 Å². The van der Waals surface area contributed by atoms with Gasteiger partial charge in [0.2, 0.25) is 6.29 Å². The van der Waals surface area contributed by atoms with Gasteiger partial charge in [0.25, 0.3) is 5.91 Å². The molecule has 0 aliphatic carbocycles. The van der Waals surface area contributed by atoms with Crippen LogP contribution in [-0.4, -0.2) is 74.8 Å². The van der Waals surface area contributed by atoms with E-state index < -0.39 is 6.29 Å². The lowest BCUT2D eigenvalue weighted by Crippen LogP contribution is -2.38. The molecular formula is C25H35NO7. The molecule has 8 nitrogen and oxygen atoms in total. The number of ether oxygens (including phenoxy) is 4. The number of benzene rings is 1. The first-order valence-electron chi connectivity index (χ1n) is 11.8. The van der Waals surface area contributed by atoms with Gasteiger partial charge in [0, 0.05) is 25.4 Å². The molecule has 1 aromatic rings. The first kappa shape index (κ1) is 25.2. The average molecular weight is 462 g/mol. The van der Waals surface area contributed by atoms with E-state index in [2.05, 4.69) is 0 Å². The highest BCUT2D eigenvalue weighted by atomic mass is 16.7. The second kappa shape index (κ2) is 13.3. The summed E-state index contributed by atoms with van der Waals surface area (Å²) in [4.78, 5) is 26.9. The van der Waals surface area contributed by atoms with Crippen molar-refractivity contribution in [3.05, 3.63) is 47.2 Å². The molecule has 2 heterocycles. The number of rotatable bonds is 9. The summed E-state index contributed by atoms with van der Waals surface area (Å²) in [7, 11) is 1.35. The lowest BCUT2D eigenvalue weighted by atomic mass is 9.92. The van der Waals surface area contributed by atoms with Gasteiger partial charge in [0.1, 0.15) is 0 Å². The van der Waals surface area contributed by atoms with Gasteiger partial charge in [-0.1, -0.05) is 31.4 Å². The van der Waals surface area contributed by atoms with Crippen LogP contribution in [-0.2, 0) is 23.7 Å². The van der Waals surface area contributed by atoms with Crippen LogP contribution in [0.5, 0.6) is 0 Å². The van der Waals surface area contributed by atoms with Crippen molar-refractivity contribution in [1.29, 1.82) is 0 Å². The van der Waals surface area contributed by atoms with Crippen molar-refractivity contribution < 1.29 is 33.6 Å². The van der Waals surface area contributed by atoms with Crippen LogP contribution < -0.4 is 0 Å². The third-order valence-electron chi connectivity index (χ3n) is 5.94. The first-order valence-corrected chi connectivity index (χ1v) is 11.8. The minimum atomic E-state index is -0.591. The van der Waals surface area contributed by atoms with Crippen LogP contribution in [0.1, 0.15) is 60.4 Å². The van der Waals surface area contributed by atoms with E-state index in [0.29, 0.717) is 31.0 Å². The van der Waals surface area contributed by atoms with Crippen molar-refractivity contribution in [3.8, 4) is 0 Å². The molecule has 0 bridgehead atoms. The molecule has 2 atom stereocenters. The molecule has 2 aliphatic rings. The van der Waals surface area contributed by atoms with E-state index in [1.54, 1.807) is 12.1 Å². The highest BCUT2D eigenvalue weighted by molar-refractivity contribution is 5.92. The lowest BCUT2D eigenvalue weighted by molar-refractivity contribution is -0.156. The summed E-state index contributed by atoms with van der Waals surface area (Å²) >= 11 is 0. The topological polar surface area (TPSA) is 94.5 Å². The standard InChI is InChI=1S/C25H35NO7/c1-30-25(29)20-9-7-19(8-10-20)21-17-22(24(28)26-11-5-3-2-4-6-12-26)33-23(18-21)32-16-15-31-14-13-27/h7-10,17,21,23,27H,2-6,11-16,18H2,1H3/t21-,23+/m1/s1. The van der Waals surface area contributed by atoms with E-state index >= 15 is 0 Å². The second-order valence-corrected chi connectivity index (χ2v) is 8.30. The minimum Gasteiger partial charge on any atom is -0.465 e. The fraction of sp³-hybridized carbons (Fsp3) is 0.600. The van der Waals surface area contributed by atoms with Crippen LogP contribution in [0.4, 0.5) is 0 Å². The fourth-order valence-corrected chi connectivity index (χ4v) is 4.14. The van der Waals surface area contributed by atoms with Gasteiger partial charge in [0.05, 0.1) is 39.1 Å². The minimum absolute atomic E-state index is 0.0409. The second-order valence-electron chi connectivity index (χ2n) is 8.30. The Balaban J connectivity index is 1.74. The predicted octanol–water partition coefficient (Wildman–Crippen LogP) is 3.01. The van der Waals surface area contributed by atoms with Crippen LogP contribution in [0, 0.1) is 0 Å². The Kier molecular flexibility index (Phi) is 10.2. The smallest absolute Gasteiger partial charge is 0.337 e. The zero-order chi connectivity index (χ0) is 23.5. The summed E-state index contributed by atoms with van der Waals surface area (Å²) in [6, 6.07) is 7.20. The van der Waals surface area contributed by atoms with Crippen molar-refractivity contribution in [1.82, 2.24) is 4.90 Å². The van der Waals surface area contributed by atoms with Gasteiger partial charge >= 0.3 is 5.97 Å². The van der Waals surface area contributed by atoms with Crippen LogP contribution in [0.25, 0.3) is 0 Å². The molecule has 0 saturated carbocycles. The number of carbonyl (C=O) groups excluding carboxylic acids is 2. The van der Waals surface area contributed by atoms with E-state index in [-0.39, 0.29) is 31.0 Å². The Labute approximate surface area is 195 Å². The van der Waals surface area contributed by atoms with Gasteiger partial charge < -0.3 is 29.0 Å². The summed E-state index contributed by atoms with van der Waals surface area (Å²) in [5.41, 5.74) is 1.44. The summed E-state index contributed by atoms with van der Waals surface area (Å²) in [5, 5.41) is 8.83. The van der Waals surface area contributed by atoms with E-state index in [1.165, 1.54) is 13.5 Å². The molecule has 1 fully saturated rings. The number of hydrogen-bond donors (Lipinski definition) is 1. The lowest BCUT2D eigenvalue weighted by Gasteiger charge is -2.32. The van der Waals surface area contributed by atoms with Crippen LogP contribution >= 0.6 is 0 Å². The largest absolute Gasteiger partial charge is 0.465 e. The van der Waals surface area contributed by atoms with Crippen molar-refractivity contribution >= 4 is 11.9 Å². The molecule has 33 heavy (non-hydrogen) atoms. The molecule has 0 radical (unpaired) electrons. The molecule has 0 spiro atoms. The van der Waals surface area contributed by atoms with Gasteiger partial charge in [-0.25, -0.2) is 4.79 Å². The number of nitrogens with zero attached hydrogens (tertiary/aromatic N) is 1. The number of aliphatic hydroxyl groups is 1. The molecular weight excluding hydrogens is 426 g/mol. The monoisotopic (exact) mass is 461 g/mol. The molecule has 1 N–H and O–H groups in total. The zero-order valence-corrected chi connectivity index (χ0v) is 19.4. The third kappa shape index (κ3) is 7.55. The molecule has 1 saturated heterocycles. The van der Waals surface area contributed by atoms with Gasteiger partial charge in [-0.05, 0) is 36.6 Å². The molecule has 8 heteroatoms. The molecule has 182 valence electrons. The Bertz CT molecular complexity index is 784. The number of esters is 1. The van der Waals surface area contributed by atoms with Crippen molar-refractivity contribution in [3.63, 3.8) is 0 Å². The van der Waals surface area contributed by atoms with Gasteiger partial charge in [-0.3, -0.25) is 4.79 Å². The maximum atomic E-state index is 13.3. The van der Waals surface area contributed by atoms with Crippen LogP contribution in [0.2, 0.25) is 0 Å². The van der Waals surface area contributed by atoms with Crippen LogP contribution in [0.3, 0.4) is 0 Å². The highest BCUT2D eigenvalue weighted by Gasteiger charge is 2.31. The first-order chi connectivity index (χ1) is 16.1. The molecule has 3 rings (SSSR count). The maximum absolute atomic E-state index is 13.3. The summed E-state index contributed by atoms with van der Waals surface area (Å²) in [5.74, 6) is -0.272. The molecule has 2 aliphatic heterocycles. The van der Waals surface area contributed by atoms with E-state index in [9.17, 15) is 9.59 Å². The Morgan fingerprint density at radius 3 is 2.39 bits per heavy atom. The Hall–Kier alpha value is -2.42. The number of likely N-dealkylation sites (tertiary alicyclic amines) is 1. The number of methoxy groups -OCH3 is 1. The Morgan fingerprint density at radius 1 is 1.03 bits per heavy atom. The van der Waals surface area contributed by atoms with E-state index in [0.717, 1.165) is 44.3 Å². The van der Waals surface area contributed by atoms with Crippen molar-refractivity contribution in [2.45, 2.75) is 50.7 Å². The quantitative estimate of drug-likeness (QED) is 0.446. The predicted molar refractivity (Wildman–Crippen MR) is 122 cm³/mol. The maximum Gasteiger partial charge on any atom is 0.337 e. The average Bonchev–Trinajstić information content (AvgIpc) is 2.83. The molecule has 1 aromatic carbocycles. The van der Waals surface area contributed by atoms with Gasteiger partial charge in [-0.15, -0.1) is 0 Å². The summed E-state index contributed by atoms with van der Waals surface area (Å²) in [6.07, 6.45) is 7.31. The summed E-state index contributed by atoms with van der Waals surface area (Å²) in [6.45, 7) is 2.31. The molecule has 0 aromatic heterocycles. The SMILES string of the molecule is COC(=O)c1ccc([C@@H]2C=C(C(=O)N3CCCCCCC3)O[C@H](OCCOCCO)C2)cc1. The fourth-order valence-electron chi connectivity index (χ4n) is 4.14.